The third-order valence-corrected chi connectivity index (χ3v) is 4.11. The minimum atomic E-state index is -0.208. The number of ether oxygens (including phenoxy) is 1. The molecule has 6 heteroatoms. The summed E-state index contributed by atoms with van der Waals surface area (Å²) in [5, 5.41) is 3.63. The van der Waals surface area contributed by atoms with Crippen molar-refractivity contribution in [3.63, 3.8) is 0 Å². The number of furan rings is 1. The largest absolute Gasteiger partial charge is 0.449 e. The molecule has 2 heterocycles. The summed E-state index contributed by atoms with van der Waals surface area (Å²) in [6.45, 7) is 4.13. The number of unbranched alkanes of at least 4 members (excludes halogenated alkanes) is 1. The zero-order valence-electron chi connectivity index (χ0n) is 13.8. The lowest BCUT2D eigenvalue weighted by Crippen LogP contribution is -2.40. The van der Waals surface area contributed by atoms with Crippen LogP contribution in [0.3, 0.4) is 0 Å². The van der Waals surface area contributed by atoms with Crippen molar-refractivity contribution in [2.24, 2.45) is 0 Å². The van der Waals surface area contributed by atoms with Gasteiger partial charge in [0, 0.05) is 24.9 Å². The molecule has 1 saturated heterocycles. The number of fused-ring (bicyclic) bond motifs is 1. The third kappa shape index (κ3) is 3.43. The SMILES string of the molecule is CCCCC(=O)Nc1c(C(=O)N2CCOCC2)oc2ccccc12. The molecule has 0 radical (unpaired) electrons. The van der Waals surface area contributed by atoms with Crippen LogP contribution in [0.4, 0.5) is 5.69 Å². The summed E-state index contributed by atoms with van der Waals surface area (Å²) in [4.78, 5) is 26.7. The van der Waals surface area contributed by atoms with E-state index in [1.165, 1.54) is 0 Å². The van der Waals surface area contributed by atoms with E-state index in [-0.39, 0.29) is 17.6 Å². The summed E-state index contributed by atoms with van der Waals surface area (Å²) in [5.41, 5.74) is 1.07. The number of amides is 2. The molecule has 0 aliphatic carbocycles. The van der Waals surface area contributed by atoms with Gasteiger partial charge < -0.3 is 19.4 Å². The molecule has 0 spiro atoms. The molecule has 0 bridgehead atoms. The Bertz CT molecular complexity index is 732. The van der Waals surface area contributed by atoms with E-state index in [1.54, 1.807) is 11.0 Å². The molecule has 128 valence electrons. The lowest BCUT2D eigenvalue weighted by molar-refractivity contribution is -0.116. The molecular weight excluding hydrogens is 308 g/mol. The maximum absolute atomic E-state index is 12.8. The van der Waals surface area contributed by atoms with Gasteiger partial charge in [-0.05, 0) is 18.6 Å². The van der Waals surface area contributed by atoms with Crippen LogP contribution in [0.2, 0.25) is 0 Å². The Morgan fingerprint density at radius 3 is 2.71 bits per heavy atom. The number of anilines is 1. The number of nitrogens with one attached hydrogen (secondary N) is 1. The number of benzene rings is 1. The van der Waals surface area contributed by atoms with Crippen LogP contribution in [0.1, 0.15) is 36.7 Å². The van der Waals surface area contributed by atoms with Crippen LogP contribution in [0.5, 0.6) is 0 Å². The van der Waals surface area contributed by atoms with Gasteiger partial charge in [0.05, 0.1) is 13.2 Å². The van der Waals surface area contributed by atoms with Gasteiger partial charge in [-0.15, -0.1) is 0 Å². The highest BCUT2D eigenvalue weighted by molar-refractivity contribution is 6.10. The normalized spacial score (nSPS) is 14.8. The van der Waals surface area contributed by atoms with Gasteiger partial charge in [-0.1, -0.05) is 25.5 Å². The zero-order chi connectivity index (χ0) is 16.9. The first-order valence-corrected chi connectivity index (χ1v) is 8.39. The Morgan fingerprint density at radius 2 is 1.96 bits per heavy atom. The van der Waals surface area contributed by atoms with Gasteiger partial charge in [0.25, 0.3) is 5.91 Å². The van der Waals surface area contributed by atoms with Crippen molar-refractivity contribution in [2.75, 3.05) is 31.6 Å². The fourth-order valence-electron chi connectivity index (χ4n) is 2.77. The minimum Gasteiger partial charge on any atom is -0.449 e. The lowest BCUT2D eigenvalue weighted by atomic mass is 10.2. The monoisotopic (exact) mass is 330 g/mol. The summed E-state index contributed by atoms with van der Waals surface area (Å²) in [6.07, 6.45) is 2.19. The van der Waals surface area contributed by atoms with E-state index in [9.17, 15) is 9.59 Å². The van der Waals surface area contributed by atoms with Gasteiger partial charge >= 0.3 is 0 Å². The smallest absolute Gasteiger partial charge is 0.291 e. The first-order chi connectivity index (χ1) is 11.7. The third-order valence-electron chi connectivity index (χ3n) is 4.11. The number of rotatable bonds is 5. The molecule has 3 rings (SSSR count). The average molecular weight is 330 g/mol. The Balaban J connectivity index is 1.92. The fourth-order valence-corrected chi connectivity index (χ4v) is 2.77. The molecule has 1 N–H and O–H groups in total. The van der Waals surface area contributed by atoms with Crippen molar-refractivity contribution in [1.29, 1.82) is 0 Å². The summed E-state index contributed by atoms with van der Waals surface area (Å²) < 4.78 is 11.1. The van der Waals surface area contributed by atoms with Crippen molar-refractivity contribution >= 4 is 28.5 Å². The molecule has 0 unspecified atom stereocenters. The van der Waals surface area contributed by atoms with Crippen LogP contribution in [0, 0.1) is 0 Å². The number of hydrogen-bond donors (Lipinski definition) is 1. The number of hydrogen-bond acceptors (Lipinski definition) is 4. The maximum atomic E-state index is 12.8. The lowest BCUT2D eigenvalue weighted by Gasteiger charge is -2.26. The quantitative estimate of drug-likeness (QED) is 0.914. The van der Waals surface area contributed by atoms with Crippen LogP contribution >= 0.6 is 0 Å². The van der Waals surface area contributed by atoms with E-state index in [1.807, 2.05) is 25.1 Å². The van der Waals surface area contributed by atoms with E-state index >= 15 is 0 Å². The Hall–Kier alpha value is -2.34. The molecular formula is C18H22N2O4. The van der Waals surface area contributed by atoms with Gasteiger partial charge in [0.1, 0.15) is 11.3 Å². The van der Waals surface area contributed by atoms with Crippen molar-refractivity contribution < 1.29 is 18.7 Å². The Kier molecular flexibility index (Phi) is 5.15. The molecule has 1 aromatic heterocycles. The van der Waals surface area contributed by atoms with Gasteiger partial charge in [-0.2, -0.15) is 0 Å². The van der Waals surface area contributed by atoms with Gasteiger partial charge in [0.15, 0.2) is 0 Å². The van der Waals surface area contributed by atoms with Gasteiger partial charge in [-0.3, -0.25) is 9.59 Å². The second-order valence-electron chi connectivity index (χ2n) is 5.86. The highest BCUT2D eigenvalue weighted by Crippen LogP contribution is 2.32. The molecule has 1 aromatic carbocycles. The second kappa shape index (κ2) is 7.49. The fraction of sp³-hybridized carbons (Fsp3) is 0.444. The van der Waals surface area contributed by atoms with Crippen molar-refractivity contribution in [2.45, 2.75) is 26.2 Å². The average Bonchev–Trinajstić information content (AvgIpc) is 2.98. The maximum Gasteiger partial charge on any atom is 0.291 e. The van der Waals surface area contributed by atoms with E-state index in [0.717, 1.165) is 18.2 Å². The summed E-state index contributed by atoms with van der Waals surface area (Å²) in [6, 6.07) is 7.36. The second-order valence-corrected chi connectivity index (χ2v) is 5.86. The molecule has 2 amide bonds. The highest BCUT2D eigenvalue weighted by Gasteiger charge is 2.27. The number of morpholine rings is 1. The number of carbonyl (C=O) groups excluding carboxylic acids is 2. The predicted octanol–water partition coefficient (Wildman–Crippen LogP) is 3.03. The Labute approximate surface area is 140 Å². The van der Waals surface area contributed by atoms with Crippen molar-refractivity contribution in [3.05, 3.63) is 30.0 Å². The summed E-state index contributed by atoms with van der Waals surface area (Å²) in [5.74, 6) is -0.109. The molecule has 1 fully saturated rings. The molecule has 1 aliphatic heterocycles. The first-order valence-electron chi connectivity index (χ1n) is 8.39. The predicted molar refractivity (Wildman–Crippen MR) is 91.1 cm³/mol. The van der Waals surface area contributed by atoms with Crippen molar-refractivity contribution in [1.82, 2.24) is 4.90 Å². The van der Waals surface area contributed by atoms with Crippen LogP contribution in [0.15, 0.2) is 28.7 Å². The van der Waals surface area contributed by atoms with Crippen LogP contribution < -0.4 is 5.32 Å². The summed E-state index contributed by atoms with van der Waals surface area (Å²) >= 11 is 0. The summed E-state index contributed by atoms with van der Waals surface area (Å²) in [7, 11) is 0. The number of nitrogens with zero attached hydrogens (tertiary/aromatic N) is 1. The molecule has 0 saturated carbocycles. The number of carbonyl (C=O) groups is 2. The van der Waals surface area contributed by atoms with E-state index in [0.29, 0.717) is 44.0 Å². The minimum absolute atomic E-state index is 0.0977. The number of para-hydroxylation sites is 1. The Morgan fingerprint density at radius 1 is 1.21 bits per heavy atom. The molecule has 2 aromatic rings. The zero-order valence-corrected chi connectivity index (χ0v) is 13.8. The standard InChI is InChI=1S/C18H22N2O4/c1-2-3-8-15(21)19-16-13-6-4-5-7-14(13)24-17(16)18(22)20-9-11-23-12-10-20/h4-7H,2-3,8-12H2,1H3,(H,19,21). The van der Waals surface area contributed by atoms with Crippen molar-refractivity contribution in [3.8, 4) is 0 Å². The molecule has 1 aliphatic rings. The molecule has 6 nitrogen and oxygen atoms in total. The van der Waals surface area contributed by atoms with E-state index < -0.39 is 0 Å². The van der Waals surface area contributed by atoms with Gasteiger partial charge in [0.2, 0.25) is 11.7 Å². The molecule has 0 atom stereocenters. The van der Waals surface area contributed by atoms with Crippen LogP contribution in [-0.4, -0.2) is 43.0 Å². The first kappa shape index (κ1) is 16.5. The van der Waals surface area contributed by atoms with E-state index in [2.05, 4.69) is 5.32 Å². The molecule has 24 heavy (non-hydrogen) atoms. The highest BCUT2D eigenvalue weighted by atomic mass is 16.5. The van der Waals surface area contributed by atoms with Gasteiger partial charge in [-0.25, -0.2) is 0 Å². The van der Waals surface area contributed by atoms with Crippen LogP contribution in [0.25, 0.3) is 11.0 Å². The topological polar surface area (TPSA) is 71.8 Å². The van der Waals surface area contributed by atoms with Crippen LogP contribution in [-0.2, 0) is 9.53 Å². The van der Waals surface area contributed by atoms with E-state index in [4.69, 9.17) is 9.15 Å².